The maximum absolute atomic E-state index is 13.1. The van der Waals surface area contributed by atoms with Gasteiger partial charge in [-0.3, -0.25) is 4.98 Å². The van der Waals surface area contributed by atoms with Crippen LogP contribution >= 0.6 is 0 Å². The molecule has 1 aliphatic rings. The van der Waals surface area contributed by atoms with Crippen molar-refractivity contribution in [2.45, 2.75) is 39.0 Å². The predicted molar refractivity (Wildman–Crippen MR) is 54.6 cm³/mol. The number of nitrogens with zero attached hydrogens (tertiary/aromatic N) is 1. The summed E-state index contributed by atoms with van der Waals surface area (Å²) in [4.78, 5) is 3.93. The fourth-order valence-corrected chi connectivity index (χ4v) is 2.27. The van der Waals surface area contributed by atoms with Crippen molar-refractivity contribution in [2.75, 3.05) is 0 Å². The third-order valence-electron chi connectivity index (χ3n) is 3.44. The molecule has 1 heterocycles. The lowest BCUT2D eigenvalue weighted by molar-refractivity contribution is 0.297. The van der Waals surface area contributed by atoms with Crippen LogP contribution in [0.5, 0.6) is 0 Å². The van der Waals surface area contributed by atoms with Crippen LogP contribution in [-0.4, -0.2) is 4.98 Å². The predicted octanol–water partition coefficient (Wildman–Crippen LogP) is 3.30. The summed E-state index contributed by atoms with van der Waals surface area (Å²) in [5.74, 6) is -0.224. The third kappa shape index (κ3) is 1.33. The number of rotatable bonds is 1. The van der Waals surface area contributed by atoms with Crippen LogP contribution in [0, 0.1) is 11.2 Å². The first kappa shape index (κ1) is 9.63. The monoisotopic (exact) mass is 193 g/mol. The van der Waals surface area contributed by atoms with E-state index in [1.54, 1.807) is 12.3 Å². The molecule has 0 N–H and O–H groups in total. The minimum absolute atomic E-state index is 0.169. The van der Waals surface area contributed by atoms with E-state index in [0.717, 1.165) is 18.4 Å². The lowest BCUT2D eigenvalue weighted by Gasteiger charge is -2.31. The second-order valence-electron chi connectivity index (χ2n) is 5.22. The Labute approximate surface area is 84.4 Å². The molecule has 0 radical (unpaired) electrons. The first-order chi connectivity index (χ1) is 6.46. The van der Waals surface area contributed by atoms with Gasteiger partial charge in [0.05, 0.1) is 6.20 Å². The summed E-state index contributed by atoms with van der Waals surface area (Å²) in [6.45, 7) is 6.64. The van der Waals surface area contributed by atoms with Gasteiger partial charge >= 0.3 is 0 Å². The molecule has 1 aromatic heterocycles. The molecule has 0 aliphatic heterocycles. The van der Waals surface area contributed by atoms with Crippen molar-refractivity contribution < 1.29 is 4.39 Å². The van der Waals surface area contributed by atoms with E-state index in [1.807, 2.05) is 0 Å². The van der Waals surface area contributed by atoms with E-state index < -0.39 is 0 Å². The highest BCUT2D eigenvalue weighted by atomic mass is 19.1. The van der Waals surface area contributed by atoms with Crippen LogP contribution in [0.2, 0.25) is 0 Å². The van der Waals surface area contributed by atoms with E-state index in [0.29, 0.717) is 0 Å². The lowest BCUT2D eigenvalue weighted by Crippen LogP contribution is -2.26. The molecule has 0 atom stereocenters. The summed E-state index contributed by atoms with van der Waals surface area (Å²) in [6.07, 6.45) is 5.38. The Morgan fingerprint density at radius 1 is 1.29 bits per heavy atom. The normalized spacial score (nSPS) is 19.4. The Bertz CT molecular complexity index is 348. The van der Waals surface area contributed by atoms with Crippen LogP contribution in [0.15, 0.2) is 18.5 Å². The van der Waals surface area contributed by atoms with Crippen LogP contribution in [0.1, 0.15) is 39.2 Å². The van der Waals surface area contributed by atoms with Gasteiger partial charge < -0.3 is 0 Å². The summed E-state index contributed by atoms with van der Waals surface area (Å²) in [7, 11) is 0. The van der Waals surface area contributed by atoms with E-state index in [2.05, 4.69) is 25.8 Å². The highest BCUT2D eigenvalue weighted by molar-refractivity contribution is 5.32. The maximum Gasteiger partial charge on any atom is 0.141 e. The number of hydrogen-bond donors (Lipinski definition) is 0. The molecule has 2 rings (SSSR count). The van der Waals surface area contributed by atoms with E-state index in [4.69, 9.17) is 0 Å². The van der Waals surface area contributed by atoms with Crippen LogP contribution < -0.4 is 0 Å². The molecule has 1 saturated carbocycles. The summed E-state index contributed by atoms with van der Waals surface area (Å²) < 4.78 is 13.1. The van der Waals surface area contributed by atoms with E-state index in [9.17, 15) is 4.39 Å². The van der Waals surface area contributed by atoms with E-state index in [-0.39, 0.29) is 16.6 Å². The zero-order chi connectivity index (χ0) is 10.4. The fourth-order valence-electron chi connectivity index (χ4n) is 2.27. The number of aromatic nitrogens is 1. The van der Waals surface area contributed by atoms with Gasteiger partial charge in [0, 0.05) is 11.6 Å². The first-order valence-corrected chi connectivity index (χ1v) is 5.07. The average molecular weight is 193 g/mol. The molecule has 0 amide bonds. The molecule has 14 heavy (non-hydrogen) atoms. The van der Waals surface area contributed by atoms with Gasteiger partial charge in [-0.25, -0.2) is 4.39 Å². The van der Waals surface area contributed by atoms with Crippen molar-refractivity contribution in [1.82, 2.24) is 4.98 Å². The summed E-state index contributed by atoms with van der Waals surface area (Å²) in [5, 5.41) is 0. The fraction of sp³-hybridized carbons (Fsp3) is 0.583. The molecule has 1 nitrogen and oxygen atoms in total. The van der Waals surface area contributed by atoms with E-state index >= 15 is 0 Å². The zero-order valence-electron chi connectivity index (χ0n) is 8.97. The van der Waals surface area contributed by atoms with Gasteiger partial charge in [0.15, 0.2) is 0 Å². The standard InChI is InChI=1S/C12H16FN/c1-11(2,3)12(4-5-12)9-6-10(13)8-14-7-9/h6-8H,4-5H2,1-3H3. The Morgan fingerprint density at radius 2 is 1.93 bits per heavy atom. The topological polar surface area (TPSA) is 12.9 Å². The Hall–Kier alpha value is -0.920. The van der Waals surface area contributed by atoms with Crippen molar-refractivity contribution in [2.24, 2.45) is 5.41 Å². The lowest BCUT2D eigenvalue weighted by atomic mass is 9.74. The summed E-state index contributed by atoms with van der Waals surface area (Å²) in [5.41, 5.74) is 1.43. The van der Waals surface area contributed by atoms with Crippen molar-refractivity contribution in [3.8, 4) is 0 Å². The second kappa shape index (κ2) is 2.78. The van der Waals surface area contributed by atoms with Crippen molar-refractivity contribution in [3.05, 3.63) is 29.8 Å². The van der Waals surface area contributed by atoms with Gasteiger partial charge in [0.2, 0.25) is 0 Å². The molecule has 2 heteroatoms. The quantitative estimate of drug-likeness (QED) is 0.667. The average Bonchev–Trinajstić information content (AvgIpc) is 2.82. The molecule has 1 fully saturated rings. The maximum atomic E-state index is 13.1. The second-order valence-corrected chi connectivity index (χ2v) is 5.22. The molecule has 1 aliphatic carbocycles. The van der Waals surface area contributed by atoms with Gasteiger partial charge in [0.1, 0.15) is 5.82 Å². The SMILES string of the molecule is CC(C)(C)C1(c2cncc(F)c2)CC1. The van der Waals surface area contributed by atoms with Gasteiger partial charge in [0.25, 0.3) is 0 Å². The van der Waals surface area contributed by atoms with Crippen molar-refractivity contribution in [1.29, 1.82) is 0 Å². The molecule has 0 aromatic carbocycles. The molecular formula is C12H16FN. The molecule has 76 valence electrons. The summed E-state index contributed by atoms with van der Waals surface area (Å²) in [6, 6.07) is 1.63. The molecule has 1 aromatic rings. The molecule has 0 spiro atoms. The first-order valence-electron chi connectivity index (χ1n) is 5.07. The number of hydrogen-bond acceptors (Lipinski definition) is 1. The van der Waals surface area contributed by atoms with Gasteiger partial charge in [-0.15, -0.1) is 0 Å². The Morgan fingerprint density at radius 3 is 2.36 bits per heavy atom. The van der Waals surface area contributed by atoms with Gasteiger partial charge in [-0.05, 0) is 29.9 Å². The van der Waals surface area contributed by atoms with Crippen LogP contribution in [0.25, 0.3) is 0 Å². The molecule has 0 unspecified atom stereocenters. The molecule has 0 bridgehead atoms. The summed E-state index contributed by atoms with van der Waals surface area (Å²) >= 11 is 0. The van der Waals surface area contributed by atoms with Crippen LogP contribution in [0.3, 0.4) is 0 Å². The zero-order valence-corrected chi connectivity index (χ0v) is 8.97. The minimum Gasteiger partial charge on any atom is -0.261 e. The highest BCUT2D eigenvalue weighted by Crippen LogP contribution is 2.59. The van der Waals surface area contributed by atoms with Gasteiger partial charge in [-0.2, -0.15) is 0 Å². The largest absolute Gasteiger partial charge is 0.261 e. The van der Waals surface area contributed by atoms with Gasteiger partial charge in [-0.1, -0.05) is 20.8 Å². The smallest absolute Gasteiger partial charge is 0.141 e. The van der Waals surface area contributed by atoms with E-state index in [1.165, 1.54) is 6.20 Å². The molecule has 0 saturated heterocycles. The number of halogens is 1. The number of pyridine rings is 1. The highest BCUT2D eigenvalue weighted by Gasteiger charge is 2.53. The third-order valence-corrected chi connectivity index (χ3v) is 3.44. The van der Waals surface area contributed by atoms with Crippen molar-refractivity contribution >= 4 is 0 Å². The Balaban J connectivity index is 2.41. The Kier molecular flexibility index (Phi) is 1.91. The minimum atomic E-state index is -0.224. The molecular weight excluding hydrogens is 177 g/mol. The van der Waals surface area contributed by atoms with Crippen LogP contribution in [0.4, 0.5) is 4.39 Å². The van der Waals surface area contributed by atoms with Crippen molar-refractivity contribution in [3.63, 3.8) is 0 Å². The van der Waals surface area contributed by atoms with Crippen LogP contribution in [-0.2, 0) is 5.41 Å².